The third-order valence-corrected chi connectivity index (χ3v) is 11.4. The SMILES string of the molecule is CC(=O)[C@@]1(I)CCC2[C@@H]3CC[C@@H]4C[C@](C)(O)CC[C@@H]4C3CC[C@@]21C. The molecule has 24 heavy (non-hydrogen) atoms. The van der Waals surface area contributed by atoms with Crippen LogP contribution >= 0.6 is 22.6 Å². The first-order valence-corrected chi connectivity index (χ1v) is 11.2. The summed E-state index contributed by atoms with van der Waals surface area (Å²) in [5.41, 5.74) is -0.204. The minimum Gasteiger partial charge on any atom is -0.390 e. The molecule has 136 valence electrons. The lowest BCUT2D eigenvalue weighted by Crippen LogP contribution is -2.54. The second kappa shape index (κ2) is 5.68. The molecule has 8 atom stereocenters. The fourth-order valence-corrected chi connectivity index (χ4v) is 8.63. The van der Waals surface area contributed by atoms with E-state index in [1.54, 1.807) is 0 Å². The fourth-order valence-electron chi connectivity index (χ4n) is 7.64. The molecule has 4 aliphatic carbocycles. The van der Waals surface area contributed by atoms with E-state index < -0.39 is 5.60 Å². The van der Waals surface area contributed by atoms with E-state index in [1.807, 2.05) is 13.8 Å². The van der Waals surface area contributed by atoms with Crippen LogP contribution in [0.5, 0.6) is 0 Å². The summed E-state index contributed by atoms with van der Waals surface area (Å²) < 4.78 is -0.118. The third kappa shape index (κ3) is 2.39. The van der Waals surface area contributed by atoms with E-state index in [1.165, 1.54) is 38.5 Å². The van der Waals surface area contributed by atoms with E-state index in [0.29, 0.717) is 5.78 Å². The van der Waals surface area contributed by atoms with Crippen LogP contribution in [-0.2, 0) is 4.79 Å². The molecule has 0 amide bonds. The number of carbonyl (C=O) groups is 1. The second-order valence-electron chi connectivity index (χ2n) is 10.0. The van der Waals surface area contributed by atoms with Crippen LogP contribution in [0.15, 0.2) is 0 Å². The van der Waals surface area contributed by atoms with Crippen molar-refractivity contribution in [1.82, 2.24) is 0 Å². The molecule has 2 unspecified atom stereocenters. The molecule has 0 aromatic carbocycles. The number of hydrogen-bond acceptors (Lipinski definition) is 2. The molecule has 4 fully saturated rings. The summed E-state index contributed by atoms with van der Waals surface area (Å²) in [6.07, 6.45) is 10.8. The monoisotopic (exact) mass is 444 g/mol. The molecule has 0 bridgehead atoms. The minimum absolute atomic E-state index is 0.118. The van der Waals surface area contributed by atoms with Gasteiger partial charge in [-0.05, 0) is 107 Å². The van der Waals surface area contributed by atoms with Crippen molar-refractivity contribution in [1.29, 1.82) is 0 Å². The Morgan fingerprint density at radius 1 is 0.958 bits per heavy atom. The Morgan fingerprint density at radius 2 is 1.67 bits per heavy atom. The quantitative estimate of drug-likeness (QED) is 0.449. The van der Waals surface area contributed by atoms with Gasteiger partial charge in [0.05, 0.1) is 9.02 Å². The highest BCUT2D eigenvalue weighted by atomic mass is 127. The van der Waals surface area contributed by atoms with Crippen molar-refractivity contribution in [2.24, 2.45) is 35.0 Å². The van der Waals surface area contributed by atoms with Crippen molar-refractivity contribution < 1.29 is 9.90 Å². The zero-order valence-electron chi connectivity index (χ0n) is 15.5. The molecular weight excluding hydrogens is 411 g/mol. The first-order valence-electron chi connectivity index (χ1n) is 10.1. The van der Waals surface area contributed by atoms with Crippen molar-refractivity contribution >= 4 is 28.4 Å². The lowest BCUT2D eigenvalue weighted by Gasteiger charge is -2.57. The minimum atomic E-state index is -0.420. The van der Waals surface area contributed by atoms with Crippen LogP contribution in [0.1, 0.15) is 78.6 Å². The van der Waals surface area contributed by atoms with Crippen molar-refractivity contribution in [3.05, 3.63) is 0 Å². The third-order valence-electron chi connectivity index (χ3n) is 8.89. The molecule has 4 saturated carbocycles. The zero-order valence-corrected chi connectivity index (χ0v) is 17.6. The van der Waals surface area contributed by atoms with Crippen LogP contribution in [-0.4, -0.2) is 19.9 Å². The van der Waals surface area contributed by atoms with Gasteiger partial charge < -0.3 is 5.11 Å². The van der Waals surface area contributed by atoms with Crippen molar-refractivity contribution in [2.75, 3.05) is 0 Å². The molecule has 0 aromatic rings. The van der Waals surface area contributed by atoms with Gasteiger partial charge in [0.25, 0.3) is 0 Å². The fraction of sp³-hybridized carbons (Fsp3) is 0.952. The predicted octanol–water partition coefficient (Wildman–Crippen LogP) is 5.15. The Morgan fingerprint density at radius 3 is 2.38 bits per heavy atom. The number of aliphatic hydroxyl groups is 1. The van der Waals surface area contributed by atoms with Gasteiger partial charge in [0, 0.05) is 0 Å². The molecule has 1 N–H and O–H groups in total. The number of ketones is 1. The summed E-state index contributed by atoms with van der Waals surface area (Å²) in [6.45, 7) is 6.31. The summed E-state index contributed by atoms with van der Waals surface area (Å²) in [7, 11) is 0. The van der Waals surface area contributed by atoms with Crippen LogP contribution in [0, 0.1) is 35.0 Å². The molecule has 4 aliphatic rings. The van der Waals surface area contributed by atoms with Crippen molar-refractivity contribution in [2.45, 2.75) is 87.6 Å². The molecular formula is C21H33IO2. The van der Waals surface area contributed by atoms with Crippen LogP contribution in [0.4, 0.5) is 0 Å². The lowest BCUT2D eigenvalue weighted by atomic mass is 9.49. The first-order chi connectivity index (χ1) is 11.2. The van der Waals surface area contributed by atoms with Gasteiger partial charge in [-0.25, -0.2) is 0 Å². The summed E-state index contributed by atoms with van der Waals surface area (Å²) in [5, 5.41) is 10.5. The zero-order chi connectivity index (χ0) is 17.3. The van der Waals surface area contributed by atoms with Gasteiger partial charge >= 0.3 is 0 Å². The first kappa shape index (κ1) is 17.8. The Kier molecular flexibility index (Phi) is 4.20. The second-order valence-corrected chi connectivity index (χ2v) is 11.9. The van der Waals surface area contributed by atoms with Crippen molar-refractivity contribution in [3.63, 3.8) is 0 Å². The Labute approximate surface area is 160 Å². The Hall–Kier alpha value is 0.360. The summed E-state index contributed by atoms with van der Waals surface area (Å²) in [4.78, 5) is 12.5. The van der Waals surface area contributed by atoms with E-state index in [0.717, 1.165) is 48.9 Å². The van der Waals surface area contributed by atoms with Gasteiger partial charge in [0.15, 0.2) is 0 Å². The van der Waals surface area contributed by atoms with Gasteiger partial charge in [0.2, 0.25) is 0 Å². The maximum Gasteiger partial charge on any atom is 0.146 e. The number of hydrogen-bond donors (Lipinski definition) is 1. The number of fused-ring (bicyclic) bond motifs is 5. The molecule has 0 heterocycles. The number of alkyl halides is 1. The molecule has 0 aromatic heterocycles. The van der Waals surface area contributed by atoms with Crippen LogP contribution in [0.2, 0.25) is 0 Å². The van der Waals surface area contributed by atoms with Crippen LogP contribution < -0.4 is 0 Å². The standard InChI is InChI=1S/C21H33IO2/c1-13(23)21(22)11-8-18-17-5-4-14-12-19(2,24)9-6-15(14)16(17)7-10-20(18,21)3/h14-18,24H,4-12H2,1-3H3/t14-,15+,16?,17-,18?,19-,20+,21+/m1/s1. The molecule has 3 heteroatoms. The van der Waals surface area contributed by atoms with Gasteiger partial charge in [-0.2, -0.15) is 0 Å². The number of rotatable bonds is 1. The highest BCUT2D eigenvalue weighted by molar-refractivity contribution is 14.1. The molecule has 0 aliphatic heterocycles. The van der Waals surface area contributed by atoms with Crippen LogP contribution in [0.25, 0.3) is 0 Å². The summed E-state index contributed by atoms with van der Waals surface area (Å²) >= 11 is 2.53. The smallest absolute Gasteiger partial charge is 0.146 e. The highest BCUT2D eigenvalue weighted by Crippen LogP contribution is 2.68. The highest BCUT2D eigenvalue weighted by Gasteiger charge is 2.64. The maximum atomic E-state index is 12.5. The van der Waals surface area contributed by atoms with E-state index in [-0.39, 0.29) is 8.84 Å². The molecule has 2 nitrogen and oxygen atoms in total. The summed E-state index contributed by atoms with van der Waals surface area (Å²) in [6, 6.07) is 0. The predicted molar refractivity (Wildman–Crippen MR) is 105 cm³/mol. The Bertz CT molecular complexity index is 544. The van der Waals surface area contributed by atoms with Crippen LogP contribution in [0.3, 0.4) is 0 Å². The average Bonchev–Trinajstić information content (AvgIpc) is 2.79. The normalized spacial score (nSPS) is 57.0. The van der Waals surface area contributed by atoms with Gasteiger partial charge in [-0.15, -0.1) is 0 Å². The Balaban J connectivity index is 1.59. The lowest BCUT2D eigenvalue weighted by molar-refractivity contribution is -0.126. The molecule has 0 saturated heterocycles. The van der Waals surface area contributed by atoms with E-state index in [2.05, 4.69) is 29.5 Å². The number of carbonyl (C=O) groups excluding carboxylic acids is 1. The van der Waals surface area contributed by atoms with Gasteiger partial charge in [0.1, 0.15) is 5.78 Å². The van der Waals surface area contributed by atoms with E-state index in [9.17, 15) is 9.90 Å². The van der Waals surface area contributed by atoms with E-state index >= 15 is 0 Å². The van der Waals surface area contributed by atoms with Gasteiger partial charge in [-0.1, -0.05) is 29.5 Å². The maximum absolute atomic E-state index is 12.5. The number of Topliss-reactive ketones (excluding diaryl/α,β-unsaturated/α-hetero) is 1. The number of halogens is 1. The van der Waals surface area contributed by atoms with Gasteiger partial charge in [-0.3, -0.25) is 4.79 Å². The molecule has 0 spiro atoms. The van der Waals surface area contributed by atoms with Crippen molar-refractivity contribution in [3.8, 4) is 0 Å². The molecule has 4 rings (SSSR count). The topological polar surface area (TPSA) is 37.3 Å². The largest absolute Gasteiger partial charge is 0.390 e. The van der Waals surface area contributed by atoms with E-state index in [4.69, 9.17) is 0 Å². The summed E-state index contributed by atoms with van der Waals surface area (Å²) in [5.74, 6) is 4.45. The average molecular weight is 444 g/mol. The molecule has 0 radical (unpaired) electrons.